The highest BCUT2D eigenvalue weighted by molar-refractivity contribution is 5.97. The van der Waals surface area contributed by atoms with Crippen LogP contribution in [-0.2, 0) is 0 Å². The predicted octanol–water partition coefficient (Wildman–Crippen LogP) is 2.71. The molecule has 0 amide bonds. The van der Waals surface area contributed by atoms with Crippen molar-refractivity contribution in [3.05, 3.63) is 42.0 Å². The Morgan fingerprint density at radius 1 is 0.947 bits per heavy atom. The van der Waals surface area contributed by atoms with Gasteiger partial charge < -0.3 is 9.80 Å². The summed E-state index contributed by atoms with van der Waals surface area (Å²) in [6.45, 7) is 1.97. The molecule has 3 heteroatoms. The van der Waals surface area contributed by atoms with Crippen LogP contribution < -0.4 is 4.90 Å². The van der Waals surface area contributed by atoms with Crippen LogP contribution in [0.5, 0.6) is 0 Å². The molecule has 98 valence electrons. The molecule has 0 atom stereocenters. The van der Waals surface area contributed by atoms with Crippen LogP contribution in [0.3, 0.4) is 0 Å². The average molecular weight is 253 g/mol. The van der Waals surface area contributed by atoms with Gasteiger partial charge in [-0.1, -0.05) is 24.3 Å². The Morgan fingerprint density at radius 2 is 1.63 bits per heavy atom. The second kappa shape index (κ2) is 5.73. The van der Waals surface area contributed by atoms with Gasteiger partial charge in [0.1, 0.15) is 0 Å². The summed E-state index contributed by atoms with van der Waals surface area (Å²) in [6, 6.07) is 14.3. The number of hydrogen-bond acceptors (Lipinski definition) is 3. The number of nitrogens with zero attached hydrogens (tertiary/aromatic N) is 3. The Morgan fingerprint density at radius 3 is 2.26 bits per heavy atom. The van der Waals surface area contributed by atoms with Gasteiger partial charge in [-0.25, -0.2) is 0 Å². The number of benzene rings is 2. The molecular weight excluding hydrogens is 234 g/mol. The Bertz CT molecular complexity index is 611. The van der Waals surface area contributed by atoms with E-state index >= 15 is 0 Å². The fourth-order valence-corrected chi connectivity index (χ4v) is 2.18. The molecule has 0 saturated heterocycles. The van der Waals surface area contributed by atoms with Gasteiger partial charge >= 0.3 is 0 Å². The molecule has 0 unspecified atom stereocenters. The Labute approximate surface area is 114 Å². The molecule has 0 radical (unpaired) electrons. The topological polar surface area (TPSA) is 30.3 Å². The van der Waals surface area contributed by atoms with Crippen LogP contribution >= 0.6 is 0 Å². The van der Waals surface area contributed by atoms with Crippen molar-refractivity contribution in [1.29, 1.82) is 5.26 Å². The van der Waals surface area contributed by atoms with Crippen molar-refractivity contribution in [3.63, 3.8) is 0 Å². The van der Waals surface area contributed by atoms with Crippen molar-refractivity contribution >= 4 is 16.5 Å². The number of likely N-dealkylation sites (N-methyl/N-ethyl adjacent to an activating group) is 2. The summed E-state index contributed by atoms with van der Waals surface area (Å²) in [4.78, 5) is 4.41. The number of nitriles is 1. The van der Waals surface area contributed by atoms with E-state index in [4.69, 9.17) is 0 Å². The largest absolute Gasteiger partial charge is 0.373 e. The average Bonchev–Trinajstić information content (AvgIpc) is 2.43. The van der Waals surface area contributed by atoms with Gasteiger partial charge in [-0.2, -0.15) is 5.26 Å². The summed E-state index contributed by atoms with van der Waals surface area (Å²) >= 11 is 0. The number of fused-ring (bicyclic) bond motifs is 1. The van der Waals surface area contributed by atoms with Gasteiger partial charge in [-0.15, -0.1) is 0 Å². The van der Waals surface area contributed by atoms with E-state index in [0.717, 1.165) is 29.4 Å². The van der Waals surface area contributed by atoms with E-state index < -0.39 is 0 Å². The van der Waals surface area contributed by atoms with Crippen LogP contribution in [0.4, 0.5) is 5.69 Å². The Balaban J connectivity index is 2.42. The number of anilines is 1. The molecule has 0 spiro atoms. The maximum atomic E-state index is 9.17. The summed E-state index contributed by atoms with van der Waals surface area (Å²) in [5.41, 5.74) is 1.91. The Kier molecular flexibility index (Phi) is 4.03. The van der Waals surface area contributed by atoms with Gasteiger partial charge in [0.25, 0.3) is 0 Å². The van der Waals surface area contributed by atoms with Gasteiger partial charge in [0.15, 0.2) is 0 Å². The van der Waals surface area contributed by atoms with Crippen LogP contribution in [0.1, 0.15) is 5.56 Å². The van der Waals surface area contributed by atoms with Crippen molar-refractivity contribution in [2.24, 2.45) is 0 Å². The fraction of sp³-hybridized carbons (Fsp3) is 0.312. The smallest absolute Gasteiger partial charge is 0.0998 e. The summed E-state index contributed by atoms with van der Waals surface area (Å²) in [6.07, 6.45) is 0. The standard InChI is InChI=1S/C16H19N3/c1-18(2)10-11-19(3)16-9-8-13(12-17)14-6-4-5-7-15(14)16/h4-9H,10-11H2,1-3H3. The fourth-order valence-electron chi connectivity index (χ4n) is 2.18. The van der Waals surface area contributed by atoms with Crippen LogP contribution in [0, 0.1) is 11.3 Å². The lowest BCUT2D eigenvalue weighted by atomic mass is 10.0. The van der Waals surface area contributed by atoms with Crippen molar-refractivity contribution < 1.29 is 0 Å². The van der Waals surface area contributed by atoms with Gasteiger partial charge in [-0.05, 0) is 26.2 Å². The van der Waals surface area contributed by atoms with E-state index in [9.17, 15) is 5.26 Å². The van der Waals surface area contributed by atoms with Gasteiger partial charge in [0.05, 0.1) is 11.6 Å². The van der Waals surface area contributed by atoms with E-state index in [2.05, 4.69) is 43.1 Å². The maximum absolute atomic E-state index is 9.17. The third kappa shape index (κ3) is 2.86. The lowest BCUT2D eigenvalue weighted by Crippen LogP contribution is -2.28. The van der Waals surface area contributed by atoms with Crippen molar-refractivity contribution in [3.8, 4) is 6.07 Å². The van der Waals surface area contributed by atoms with Gasteiger partial charge in [-0.3, -0.25) is 0 Å². The van der Waals surface area contributed by atoms with Crippen LogP contribution in [-0.4, -0.2) is 39.1 Å². The second-order valence-electron chi connectivity index (χ2n) is 5.01. The van der Waals surface area contributed by atoms with Crippen molar-refractivity contribution in [2.75, 3.05) is 39.1 Å². The lowest BCUT2D eigenvalue weighted by Gasteiger charge is -2.23. The quantitative estimate of drug-likeness (QED) is 0.839. The maximum Gasteiger partial charge on any atom is 0.0998 e. The normalized spacial score (nSPS) is 10.7. The first-order valence-electron chi connectivity index (χ1n) is 6.41. The molecule has 0 aliphatic carbocycles. The minimum Gasteiger partial charge on any atom is -0.373 e. The molecule has 0 aliphatic heterocycles. The summed E-state index contributed by atoms with van der Waals surface area (Å²) in [7, 11) is 6.24. The minimum absolute atomic E-state index is 0.736. The first-order valence-corrected chi connectivity index (χ1v) is 6.41. The van der Waals surface area contributed by atoms with E-state index in [1.807, 2.05) is 30.3 Å². The van der Waals surface area contributed by atoms with E-state index in [1.165, 1.54) is 5.69 Å². The predicted molar refractivity (Wildman–Crippen MR) is 80.5 cm³/mol. The lowest BCUT2D eigenvalue weighted by molar-refractivity contribution is 0.416. The molecule has 0 saturated carbocycles. The van der Waals surface area contributed by atoms with Crippen LogP contribution in [0.25, 0.3) is 10.8 Å². The highest BCUT2D eigenvalue weighted by Crippen LogP contribution is 2.28. The van der Waals surface area contributed by atoms with Gasteiger partial charge in [0, 0.05) is 36.6 Å². The molecule has 3 nitrogen and oxygen atoms in total. The zero-order valence-corrected chi connectivity index (χ0v) is 11.7. The second-order valence-corrected chi connectivity index (χ2v) is 5.01. The molecule has 0 bridgehead atoms. The van der Waals surface area contributed by atoms with Crippen molar-refractivity contribution in [2.45, 2.75) is 0 Å². The molecule has 2 aromatic carbocycles. The number of rotatable bonds is 4. The highest BCUT2D eigenvalue weighted by atomic mass is 15.2. The first-order chi connectivity index (χ1) is 9.13. The molecule has 0 aromatic heterocycles. The minimum atomic E-state index is 0.736. The molecular formula is C16H19N3. The van der Waals surface area contributed by atoms with Crippen molar-refractivity contribution in [1.82, 2.24) is 4.90 Å². The Hall–Kier alpha value is -2.05. The van der Waals surface area contributed by atoms with Crippen LogP contribution in [0.15, 0.2) is 36.4 Å². The molecule has 0 fully saturated rings. The SMILES string of the molecule is CN(C)CCN(C)c1ccc(C#N)c2ccccc12. The summed E-state index contributed by atoms with van der Waals surface area (Å²) in [5, 5.41) is 11.3. The summed E-state index contributed by atoms with van der Waals surface area (Å²) in [5.74, 6) is 0. The monoisotopic (exact) mass is 253 g/mol. The van der Waals surface area contributed by atoms with Gasteiger partial charge in [0.2, 0.25) is 0 Å². The molecule has 0 heterocycles. The van der Waals surface area contributed by atoms with Crippen LogP contribution in [0.2, 0.25) is 0 Å². The zero-order valence-electron chi connectivity index (χ0n) is 11.7. The molecule has 2 rings (SSSR count). The third-order valence-electron chi connectivity index (χ3n) is 3.32. The molecule has 0 N–H and O–H groups in total. The third-order valence-corrected chi connectivity index (χ3v) is 3.32. The highest BCUT2D eigenvalue weighted by Gasteiger charge is 2.08. The zero-order chi connectivity index (χ0) is 13.8. The van der Waals surface area contributed by atoms with E-state index in [1.54, 1.807) is 0 Å². The molecule has 19 heavy (non-hydrogen) atoms. The van der Waals surface area contributed by atoms with E-state index in [0.29, 0.717) is 0 Å². The van der Waals surface area contributed by atoms with E-state index in [-0.39, 0.29) is 0 Å². The molecule has 0 aliphatic rings. The number of hydrogen-bond donors (Lipinski definition) is 0. The summed E-state index contributed by atoms with van der Waals surface area (Å²) < 4.78 is 0. The first kappa shape index (κ1) is 13.4. The molecule has 2 aromatic rings.